The van der Waals surface area contributed by atoms with E-state index in [1.165, 1.54) is 0 Å². The normalized spacial score (nSPS) is 38.8. The molecule has 4 fully saturated rings. The summed E-state index contributed by atoms with van der Waals surface area (Å²) in [5, 5.41) is 9.68. The molecule has 0 radical (unpaired) electrons. The van der Waals surface area contributed by atoms with E-state index in [1.54, 1.807) is 6.08 Å². The Hall–Kier alpha value is -1.05. The van der Waals surface area contributed by atoms with Crippen molar-refractivity contribution in [1.29, 1.82) is 0 Å². The summed E-state index contributed by atoms with van der Waals surface area (Å²) in [7, 11) is 0. The van der Waals surface area contributed by atoms with Gasteiger partial charge in [0, 0.05) is 18.3 Å². The van der Waals surface area contributed by atoms with Gasteiger partial charge in [0.05, 0.1) is 12.2 Å². The third-order valence-electron chi connectivity index (χ3n) is 5.39. The van der Waals surface area contributed by atoms with Crippen molar-refractivity contribution in [3.05, 3.63) is 25.3 Å². The number of rotatable bonds is 2. The summed E-state index contributed by atoms with van der Waals surface area (Å²) in [6, 6.07) is 0. The van der Waals surface area contributed by atoms with Gasteiger partial charge in [0.15, 0.2) is 17.4 Å². The summed E-state index contributed by atoms with van der Waals surface area (Å²) in [5.74, 6) is -0.688. The molecule has 4 aliphatic rings. The van der Waals surface area contributed by atoms with Crippen molar-refractivity contribution in [2.75, 3.05) is 0 Å². The van der Waals surface area contributed by atoms with Crippen molar-refractivity contribution in [3.8, 4) is 0 Å². The van der Waals surface area contributed by atoms with Crippen LogP contribution in [-0.2, 0) is 23.7 Å². The van der Waals surface area contributed by atoms with Crippen LogP contribution in [0.3, 0.4) is 0 Å². The summed E-state index contributed by atoms with van der Waals surface area (Å²) < 4.78 is 22.4. The summed E-state index contributed by atoms with van der Waals surface area (Å²) in [6.07, 6.45) is 3.78. The lowest BCUT2D eigenvalue weighted by Crippen LogP contribution is -2.28. The van der Waals surface area contributed by atoms with Crippen molar-refractivity contribution < 1.29 is 28.8 Å². The molecule has 4 rings (SSSR count). The number of ether oxygens (including phenoxy) is 4. The minimum Gasteiger partial charge on any atom is -0.390 e. The van der Waals surface area contributed by atoms with Crippen LogP contribution in [0.5, 0.6) is 0 Å². The highest BCUT2D eigenvalue weighted by molar-refractivity contribution is 5.87. The SMILES string of the molecule is C.C.C.C.C=C[C@H]1CC(=O)[C@@H]2OC(C)(C)O[C@H]12.C=C[C@H]1C[C@H](O)[C@@H]2OC(C)(C)O[C@@H]21. The standard InChI is InChI=1S/C10H16O3.C10H14O3.4CH4/c2*1-4-6-5-7(11)9-8(6)12-10(2,3)13-9;;;;/h4,6-9,11H,1,5H2,2-3H3;4,6,8-9H,1,5H2,2-3H3;4*1H4/t6-,7-,8+,9-;6-,8+,9-;;;;/m00..../s1. The van der Waals surface area contributed by atoms with Crippen LogP contribution in [0.1, 0.15) is 70.2 Å². The van der Waals surface area contributed by atoms with Gasteiger partial charge in [0.1, 0.15) is 18.3 Å². The molecule has 178 valence electrons. The van der Waals surface area contributed by atoms with Crippen LogP contribution in [-0.4, -0.2) is 53.0 Å². The molecule has 0 amide bonds. The maximum absolute atomic E-state index is 11.5. The second-order valence-corrected chi connectivity index (χ2v) is 8.36. The lowest BCUT2D eigenvalue weighted by molar-refractivity contribution is -0.164. The summed E-state index contributed by atoms with van der Waals surface area (Å²) >= 11 is 0. The van der Waals surface area contributed by atoms with Crippen molar-refractivity contribution in [1.82, 2.24) is 0 Å². The van der Waals surface area contributed by atoms with E-state index in [1.807, 2.05) is 33.8 Å². The molecule has 2 aliphatic heterocycles. The van der Waals surface area contributed by atoms with Crippen molar-refractivity contribution in [3.63, 3.8) is 0 Å². The predicted octanol–water partition coefficient (Wildman–Crippen LogP) is 4.90. The van der Waals surface area contributed by atoms with E-state index in [-0.39, 0.29) is 71.7 Å². The molecule has 0 spiro atoms. The Morgan fingerprint density at radius 2 is 1.30 bits per heavy atom. The molecule has 0 unspecified atom stereocenters. The molecular weight excluding hydrogens is 384 g/mol. The van der Waals surface area contributed by atoms with Gasteiger partial charge in [-0.25, -0.2) is 0 Å². The lowest BCUT2D eigenvalue weighted by atomic mass is 10.1. The number of aliphatic hydroxyl groups is 1. The Balaban J connectivity index is 0. The Labute approximate surface area is 184 Å². The van der Waals surface area contributed by atoms with Crippen LogP contribution < -0.4 is 0 Å². The second kappa shape index (κ2) is 11.0. The molecular formula is C24H46O6. The van der Waals surface area contributed by atoms with Gasteiger partial charge in [0.2, 0.25) is 0 Å². The average Bonchev–Trinajstić information content (AvgIpc) is 3.21. The molecule has 2 aliphatic carbocycles. The van der Waals surface area contributed by atoms with Gasteiger partial charge >= 0.3 is 0 Å². The topological polar surface area (TPSA) is 74.2 Å². The quantitative estimate of drug-likeness (QED) is 0.628. The predicted molar refractivity (Wildman–Crippen MR) is 122 cm³/mol. The number of aliphatic hydroxyl groups excluding tert-OH is 1. The van der Waals surface area contributed by atoms with E-state index in [4.69, 9.17) is 18.9 Å². The fraction of sp³-hybridized carbons (Fsp3) is 0.792. The molecule has 2 saturated carbocycles. The highest BCUT2D eigenvalue weighted by atomic mass is 16.8. The maximum Gasteiger partial charge on any atom is 0.165 e. The smallest absolute Gasteiger partial charge is 0.165 e. The van der Waals surface area contributed by atoms with Gasteiger partial charge in [-0.2, -0.15) is 0 Å². The van der Waals surface area contributed by atoms with Crippen LogP contribution in [0.2, 0.25) is 0 Å². The molecule has 1 N–H and O–H groups in total. The molecule has 30 heavy (non-hydrogen) atoms. The van der Waals surface area contributed by atoms with Crippen molar-refractivity contribution in [2.24, 2.45) is 11.8 Å². The summed E-state index contributed by atoms with van der Waals surface area (Å²) in [5.41, 5.74) is 0. The largest absolute Gasteiger partial charge is 0.390 e. The van der Waals surface area contributed by atoms with Crippen LogP contribution in [0.15, 0.2) is 25.3 Å². The van der Waals surface area contributed by atoms with Crippen LogP contribution in [0.25, 0.3) is 0 Å². The monoisotopic (exact) mass is 430 g/mol. The fourth-order valence-corrected chi connectivity index (χ4v) is 4.26. The number of fused-ring (bicyclic) bond motifs is 2. The lowest BCUT2D eigenvalue weighted by Gasteiger charge is -2.20. The molecule has 6 nitrogen and oxygen atoms in total. The zero-order chi connectivity index (χ0) is 19.3. The van der Waals surface area contributed by atoms with Gasteiger partial charge in [-0.05, 0) is 34.1 Å². The van der Waals surface area contributed by atoms with Gasteiger partial charge in [-0.1, -0.05) is 41.9 Å². The summed E-state index contributed by atoms with van der Waals surface area (Å²) in [6.45, 7) is 14.8. The van der Waals surface area contributed by atoms with Crippen LogP contribution in [0, 0.1) is 11.8 Å². The molecule has 2 heterocycles. The van der Waals surface area contributed by atoms with Crippen LogP contribution in [0.4, 0.5) is 0 Å². The molecule has 0 aromatic heterocycles. The number of carbonyl (C=O) groups excluding carboxylic acids is 1. The third kappa shape index (κ3) is 6.01. The number of ketones is 1. The van der Waals surface area contributed by atoms with Gasteiger partial charge in [0.25, 0.3) is 0 Å². The van der Waals surface area contributed by atoms with Gasteiger partial charge in [-0.3, -0.25) is 4.79 Å². The number of hydrogen-bond donors (Lipinski definition) is 1. The Kier molecular flexibility index (Phi) is 11.4. The minimum absolute atomic E-state index is 0. The van der Waals surface area contributed by atoms with Gasteiger partial charge in [-0.15, -0.1) is 13.2 Å². The number of hydrogen-bond acceptors (Lipinski definition) is 6. The molecule has 0 aromatic rings. The van der Waals surface area contributed by atoms with Gasteiger partial charge < -0.3 is 24.1 Å². The molecule has 7 atom stereocenters. The zero-order valence-corrected chi connectivity index (χ0v) is 16.0. The Bertz CT molecular complexity index is 584. The number of carbonyl (C=O) groups is 1. The second-order valence-electron chi connectivity index (χ2n) is 8.36. The maximum atomic E-state index is 11.5. The van der Waals surface area contributed by atoms with E-state index in [0.29, 0.717) is 12.8 Å². The van der Waals surface area contributed by atoms with E-state index >= 15 is 0 Å². The van der Waals surface area contributed by atoms with E-state index < -0.39 is 17.7 Å². The van der Waals surface area contributed by atoms with E-state index in [9.17, 15) is 9.90 Å². The molecule has 2 saturated heterocycles. The highest BCUT2D eigenvalue weighted by Crippen LogP contribution is 2.42. The Morgan fingerprint density at radius 3 is 1.83 bits per heavy atom. The third-order valence-corrected chi connectivity index (χ3v) is 5.39. The first-order valence-electron chi connectivity index (χ1n) is 9.24. The van der Waals surface area contributed by atoms with E-state index in [2.05, 4.69) is 13.2 Å². The summed E-state index contributed by atoms with van der Waals surface area (Å²) in [4.78, 5) is 11.5. The minimum atomic E-state index is -0.618. The molecule has 6 heteroatoms. The van der Waals surface area contributed by atoms with Crippen LogP contribution >= 0.6 is 0 Å². The van der Waals surface area contributed by atoms with Crippen molar-refractivity contribution >= 4 is 5.78 Å². The average molecular weight is 431 g/mol. The highest BCUT2D eigenvalue weighted by Gasteiger charge is 2.53. The first-order chi connectivity index (χ1) is 12.1. The first-order valence-corrected chi connectivity index (χ1v) is 9.24. The van der Waals surface area contributed by atoms with Crippen molar-refractivity contribution in [2.45, 2.75) is 112 Å². The zero-order valence-electron chi connectivity index (χ0n) is 16.0. The molecule has 0 bridgehead atoms. The Morgan fingerprint density at radius 1 is 0.833 bits per heavy atom. The van der Waals surface area contributed by atoms with E-state index in [0.717, 1.165) is 0 Å². The first kappa shape index (κ1) is 31.1. The molecule has 0 aromatic carbocycles. The fourth-order valence-electron chi connectivity index (χ4n) is 4.26. The number of Topliss-reactive ketones (excluding diaryl/α,β-unsaturated/α-hetero) is 1.